The maximum atomic E-state index is 5.64. The van der Waals surface area contributed by atoms with Gasteiger partial charge in [-0.3, -0.25) is 0 Å². The van der Waals surface area contributed by atoms with Gasteiger partial charge in [-0.25, -0.2) is 0 Å². The van der Waals surface area contributed by atoms with Crippen LogP contribution >= 0.6 is 11.6 Å². The molecule has 1 aromatic carbocycles. The summed E-state index contributed by atoms with van der Waals surface area (Å²) in [7, 11) is 0. The van der Waals surface area contributed by atoms with Crippen molar-refractivity contribution in [2.75, 3.05) is 17.7 Å². The Balaban J connectivity index is 2.56. The number of halogens is 1. The summed E-state index contributed by atoms with van der Waals surface area (Å²) in [6, 6.07) is 8.51. The number of aryl methyl sites for hydroxylation is 1. The lowest BCUT2D eigenvalue weighted by molar-refractivity contribution is 0.929. The van der Waals surface area contributed by atoms with Crippen molar-refractivity contribution < 1.29 is 0 Å². The highest BCUT2D eigenvalue weighted by molar-refractivity contribution is 6.17. The zero-order chi connectivity index (χ0) is 9.52. The van der Waals surface area contributed by atoms with E-state index in [0.29, 0.717) is 0 Å². The van der Waals surface area contributed by atoms with Crippen LogP contribution in [0.3, 0.4) is 0 Å². The number of benzene rings is 1. The molecule has 0 bridgehead atoms. The third kappa shape index (κ3) is 3.69. The minimum Gasteiger partial charge on any atom is -0.385 e. The molecule has 0 unspecified atom stereocenters. The monoisotopic (exact) mass is 197 g/mol. The fourth-order valence-electron chi connectivity index (χ4n) is 1.31. The first-order chi connectivity index (χ1) is 6.36. The highest BCUT2D eigenvalue weighted by atomic mass is 35.5. The van der Waals surface area contributed by atoms with Gasteiger partial charge in [-0.05, 0) is 37.5 Å². The minimum atomic E-state index is 0.742. The first-order valence-electron chi connectivity index (χ1n) is 4.75. The maximum Gasteiger partial charge on any atom is 0.0342 e. The molecule has 1 aromatic rings. The fraction of sp³-hybridized carbons (Fsp3) is 0.455. The predicted octanol–water partition coefficient (Wildman–Crippen LogP) is 3.29. The van der Waals surface area contributed by atoms with Crippen LogP contribution in [-0.2, 0) is 6.42 Å². The Morgan fingerprint density at radius 1 is 1.38 bits per heavy atom. The van der Waals surface area contributed by atoms with Crippen molar-refractivity contribution in [2.24, 2.45) is 0 Å². The van der Waals surface area contributed by atoms with Crippen molar-refractivity contribution in [1.82, 2.24) is 0 Å². The number of alkyl halides is 1. The van der Waals surface area contributed by atoms with E-state index in [9.17, 15) is 0 Å². The van der Waals surface area contributed by atoms with Gasteiger partial charge < -0.3 is 5.32 Å². The zero-order valence-corrected chi connectivity index (χ0v) is 8.77. The second-order valence-corrected chi connectivity index (χ2v) is 3.40. The lowest BCUT2D eigenvalue weighted by Gasteiger charge is -2.05. The van der Waals surface area contributed by atoms with Gasteiger partial charge >= 0.3 is 0 Å². The van der Waals surface area contributed by atoms with Crippen LogP contribution in [0, 0.1) is 0 Å². The highest BCUT2D eigenvalue weighted by Crippen LogP contribution is 2.12. The first-order valence-corrected chi connectivity index (χ1v) is 5.29. The quantitative estimate of drug-likeness (QED) is 0.715. The molecule has 0 radical (unpaired) electrons. The molecule has 0 fully saturated rings. The van der Waals surface area contributed by atoms with E-state index in [2.05, 4.69) is 36.5 Å². The Hall–Kier alpha value is -0.690. The molecule has 0 amide bonds. The maximum absolute atomic E-state index is 5.64. The summed E-state index contributed by atoms with van der Waals surface area (Å²) in [5.41, 5.74) is 2.56. The van der Waals surface area contributed by atoms with Gasteiger partial charge in [0.05, 0.1) is 0 Å². The molecule has 0 atom stereocenters. The Morgan fingerprint density at radius 2 is 2.23 bits per heavy atom. The van der Waals surface area contributed by atoms with E-state index in [0.717, 1.165) is 25.3 Å². The van der Waals surface area contributed by atoms with Gasteiger partial charge in [-0.1, -0.05) is 12.1 Å². The summed E-state index contributed by atoms with van der Waals surface area (Å²) >= 11 is 5.64. The number of hydrogen-bond donors (Lipinski definition) is 1. The van der Waals surface area contributed by atoms with Crippen molar-refractivity contribution in [2.45, 2.75) is 19.8 Å². The molecular formula is C11H16ClN. The third-order valence-electron chi connectivity index (χ3n) is 1.91. The number of rotatable bonds is 5. The smallest absolute Gasteiger partial charge is 0.0342 e. The van der Waals surface area contributed by atoms with E-state index in [-0.39, 0.29) is 0 Å². The highest BCUT2D eigenvalue weighted by Gasteiger charge is 1.94. The van der Waals surface area contributed by atoms with Crippen LogP contribution in [0.2, 0.25) is 0 Å². The van der Waals surface area contributed by atoms with E-state index in [1.807, 2.05) is 0 Å². The van der Waals surface area contributed by atoms with Gasteiger partial charge in [0.1, 0.15) is 0 Å². The lowest BCUT2D eigenvalue weighted by atomic mass is 10.1. The molecule has 1 rings (SSSR count). The van der Waals surface area contributed by atoms with Gasteiger partial charge in [-0.2, -0.15) is 0 Å². The van der Waals surface area contributed by atoms with Crippen LogP contribution in [0.4, 0.5) is 5.69 Å². The zero-order valence-electron chi connectivity index (χ0n) is 8.02. The molecular weight excluding hydrogens is 182 g/mol. The summed E-state index contributed by atoms with van der Waals surface area (Å²) < 4.78 is 0. The van der Waals surface area contributed by atoms with Crippen LogP contribution in [0.15, 0.2) is 24.3 Å². The molecule has 72 valence electrons. The van der Waals surface area contributed by atoms with Crippen LogP contribution in [0.25, 0.3) is 0 Å². The average molecular weight is 198 g/mol. The summed E-state index contributed by atoms with van der Waals surface area (Å²) in [6.45, 7) is 3.07. The van der Waals surface area contributed by atoms with Crippen molar-refractivity contribution in [3.8, 4) is 0 Å². The molecule has 0 saturated heterocycles. The van der Waals surface area contributed by atoms with E-state index in [1.165, 1.54) is 11.3 Å². The molecule has 1 N–H and O–H groups in total. The van der Waals surface area contributed by atoms with Gasteiger partial charge in [0.15, 0.2) is 0 Å². The van der Waals surface area contributed by atoms with E-state index < -0.39 is 0 Å². The van der Waals surface area contributed by atoms with Crippen molar-refractivity contribution in [3.05, 3.63) is 29.8 Å². The molecule has 0 aliphatic rings. The first kappa shape index (κ1) is 10.4. The molecule has 0 aliphatic carbocycles. The van der Waals surface area contributed by atoms with Gasteiger partial charge in [0.25, 0.3) is 0 Å². The normalized spacial score (nSPS) is 10.0. The fourth-order valence-corrected chi connectivity index (χ4v) is 1.45. The molecule has 0 saturated carbocycles. The Morgan fingerprint density at radius 3 is 2.92 bits per heavy atom. The lowest BCUT2D eigenvalue weighted by Crippen LogP contribution is -1.97. The molecule has 0 aromatic heterocycles. The number of anilines is 1. The van der Waals surface area contributed by atoms with Crippen LogP contribution < -0.4 is 5.32 Å². The second kappa shape index (κ2) is 5.87. The molecule has 0 spiro atoms. The number of nitrogens with one attached hydrogen (secondary N) is 1. The van der Waals surface area contributed by atoms with Crippen LogP contribution in [-0.4, -0.2) is 12.4 Å². The summed E-state index contributed by atoms with van der Waals surface area (Å²) in [4.78, 5) is 0. The van der Waals surface area contributed by atoms with E-state index >= 15 is 0 Å². The second-order valence-electron chi connectivity index (χ2n) is 3.02. The van der Waals surface area contributed by atoms with E-state index in [4.69, 9.17) is 11.6 Å². The van der Waals surface area contributed by atoms with Crippen molar-refractivity contribution >= 4 is 17.3 Å². The van der Waals surface area contributed by atoms with Crippen molar-refractivity contribution in [1.29, 1.82) is 0 Å². The summed E-state index contributed by atoms with van der Waals surface area (Å²) in [5.74, 6) is 0.742. The van der Waals surface area contributed by atoms with Crippen LogP contribution in [0.5, 0.6) is 0 Å². The number of hydrogen-bond acceptors (Lipinski definition) is 1. The third-order valence-corrected chi connectivity index (χ3v) is 2.17. The van der Waals surface area contributed by atoms with E-state index in [1.54, 1.807) is 0 Å². The SMILES string of the molecule is CCNc1cccc(CCCCl)c1. The van der Waals surface area contributed by atoms with Gasteiger partial charge in [-0.15, -0.1) is 11.6 Å². The van der Waals surface area contributed by atoms with Gasteiger partial charge in [0.2, 0.25) is 0 Å². The molecule has 0 aliphatic heterocycles. The Bertz CT molecular complexity index is 248. The largest absolute Gasteiger partial charge is 0.385 e. The van der Waals surface area contributed by atoms with Gasteiger partial charge in [0, 0.05) is 18.1 Å². The Labute approximate surface area is 85.1 Å². The molecule has 1 nitrogen and oxygen atoms in total. The summed E-state index contributed by atoms with van der Waals surface area (Å²) in [5, 5.41) is 3.29. The molecule has 0 heterocycles. The predicted molar refractivity (Wildman–Crippen MR) is 59.6 cm³/mol. The standard InChI is InChI=1S/C11H16ClN/c1-2-13-11-7-3-5-10(9-11)6-4-8-12/h3,5,7,9,13H,2,4,6,8H2,1H3. The minimum absolute atomic E-state index is 0.742. The van der Waals surface area contributed by atoms with Crippen LogP contribution in [0.1, 0.15) is 18.9 Å². The summed E-state index contributed by atoms with van der Waals surface area (Å²) in [6.07, 6.45) is 2.12. The molecule has 2 heteroatoms. The topological polar surface area (TPSA) is 12.0 Å². The Kier molecular flexibility index (Phi) is 4.69. The average Bonchev–Trinajstić information content (AvgIpc) is 2.16. The van der Waals surface area contributed by atoms with Crippen molar-refractivity contribution in [3.63, 3.8) is 0 Å². The molecule has 13 heavy (non-hydrogen) atoms.